The molecule has 5 heteroatoms. The number of nitrogens with one attached hydrogen (secondary N) is 1. The number of para-hydroxylation sites is 2. The number of H-pyrrole nitrogens is 1. The molecule has 0 saturated carbocycles. The van der Waals surface area contributed by atoms with Gasteiger partial charge in [-0.1, -0.05) is 12.1 Å². The Kier molecular flexibility index (Phi) is 3.15. The second-order valence-electron chi connectivity index (χ2n) is 5.70. The van der Waals surface area contributed by atoms with Crippen LogP contribution < -0.4 is 4.90 Å². The summed E-state index contributed by atoms with van der Waals surface area (Å²) in [6.45, 7) is 4.16. The summed E-state index contributed by atoms with van der Waals surface area (Å²) in [6, 6.07) is 8.25. The first-order valence-electron chi connectivity index (χ1n) is 7.41. The van der Waals surface area contributed by atoms with E-state index in [-0.39, 0.29) is 0 Å². The van der Waals surface area contributed by atoms with Crippen LogP contribution in [0.4, 0.5) is 5.13 Å². The van der Waals surface area contributed by atoms with Gasteiger partial charge in [-0.2, -0.15) is 0 Å². The number of benzene rings is 1. The lowest BCUT2D eigenvalue weighted by atomic mass is 9.98. The number of aromatic amines is 1. The number of hydrogen-bond acceptors (Lipinski definition) is 4. The summed E-state index contributed by atoms with van der Waals surface area (Å²) in [5, 5.41) is 3.27. The largest absolute Gasteiger partial charge is 0.347 e. The topological polar surface area (TPSA) is 44.8 Å². The van der Waals surface area contributed by atoms with Crippen molar-refractivity contribution in [2.45, 2.75) is 25.7 Å². The molecule has 0 spiro atoms. The van der Waals surface area contributed by atoms with Crippen LogP contribution in [0, 0.1) is 6.92 Å². The van der Waals surface area contributed by atoms with Gasteiger partial charge in [-0.3, -0.25) is 0 Å². The number of anilines is 1. The highest BCUT2D eigenvalue weighted by molar-refractivity contribution is 7.13. The average molecular weight is 298 g/mol. The van der Waals surface area contributed by atoms with E-state index >= 15 is 0 Å². The van der Waals surface area contributed by atoms with E-state index in [1.807, 2.05) is 6.07 Å². The highest BCUT2D eigenvalue weighted by Gasteiger charge is 2.25. The van der Waals surface area contributed by atoms with Crippen molar-refractivity contribution >= 4 is 27.5 Å². The lowest BCUT2D eigenvalue weighted by molar-refractivity contribution is 0.494. The Balaban J connectivity index is 1.60. The van der Waals surface area contributed by atoms with Crippen molar-refractivity contribution in [1.29, 1.82) is 0 Å². The third-order valence-electron chi connectivity index (χ3n) is 4.09. The zero-order valence-electron chi connectivity index (χ0n) is 12.0. The number of imidazole rings is 1. The first kappa shape index (κ1) is 12.8. The fraction of sp³-hybridized carbons (Fsp3) is 0.375. The Hall–Kier alpha value is -1.88. The minimum atomic E-state index is 0.468. The maximum atomic E-state index is 4.77. The number of piperidine rings is 1. The van der Waals surface area contributed by atoms with Crippen LogP contribution in [-0.4, -0.2) is 28.0 Å². The van der Waals surface area contributed by atoms with E-state index < -0.39 is 0 Å². The maximum absolute atomic E-state index is 4.77. The molecule has 0 bridgehead atoms. The lowest BCUT2D eigenvalue weighted by Crippen LogP contribution is -2.34. The molecule has 2 aromatic heterocycles. The summed E-state index contributed by atoms with van der Waals surface area (Å²) < 4.78 is 0. The highest BCUT2D eigenvalue weighted by Crippen LogP contribution is 2.31. The fourth-order valence-corrected chi connectivity index (χ4v) is 3.87. The molecule has 3 aromatic rings. The molecule has 1 aliphatic heterocycles. The molecular weight excluding hydrogens is 280 g/mol. The van der Waals surface area contributed by atoms with Gasteiger partial charge in [0.1, 0.15) is 5.82 Å². The number of fused-ring (bicyclic) bond motifs is 1. The van der Waals surface area contributed by atoms with Gasteiger partial charge < -0.3 is 9.88 Å². The number of rotatable bonds is 2. The fourth-order valence-electron chi connectivity index (χ4n) is 3.03. The Morgan fingerprint density at radius 2 is 2.19 bits per heavy atom. The molecule has 3 heterocycles. The van der Waals surface area contributed by atoms with Gasteiger partial charge in [-0.05, 0) is 31.9 Å². The zero-order valence-corrected chi connectivity index (χ0v) is 12.9. The van der Waals surface area contributed by atoms with Crippen molar-refractivity contribution in [2.24, 2.45) is 0 Å². The molecular formula is C16H18N4S. The first-order valence-corrected chi connectivity index (χ1v) is 8.29. The second-order valence-corrected chi connectivity index (χ2v) is 6.53. The Morgan fingerprint density at radius 1 is 1.29 bits per heavy atom. The van der Waals surface area contributed by atoms with Crippen LogP contribution in [0.25, 0.3) is 11.0 Å². The number of aromatic nitrogens is 3. The van der Waals surface area contributed by atoms with Gasteiger partial charge in [-0.25, -0.2) is 9.97 Å². The molecule has 4 rings (SSSR count). The van der Waals surface area contributed by atoms with Crippen molar-refractivity contribution in [3.05, 3.63) is 41.2 Å². The van der Waals surface area contributed by atoms with Crippen LogP contribution in [0.3, 0.4) is 0 Å². The molecule has 0 unspecified atom stereocenters. The van der Waals surface area contributed by atoms with E-state index in [1.54, 1.807) is 11.3 Å². The van der Waals surface area contributed by atoms with E-state index in [2.05, 4.69) is 45.4 Å². The van der Waals surface area contributed by atoms with Crippen molar-refractivity contribution in [3.8, 4) is 0 Å². The Labute approximate surface area is 127 Å². The quantitative estimate of drug-likeness (QED) is 0.784. The summed E-state index contributed by atoms with van der Waals surface area (Å²) in [6.07, 6.45) is 2.39. The van der Waals surface area contributed by atoms with Gasteiger partial charge in [0.2, 0.25) is 0 Å². The van der Waals surface area contributed by atoms with E-state index in [9.17, 15) is 0 Å². The lowest BCUT2D eigenvalue weighted by Gasteiger charge is -2.31. The van der Waals surface area contributed by atoms with E-state index in [0.29, 0.717) is 5.92 Å². The molecule has 1 aromatic carbocycles. The van der Waals surface area contributed by atoms with Crippen molar-refractivity contribution < 1.29 is 0 Å². The van der Waals surface area contributed by atoms with E-state index in [4.69, 9.17) is 4.98 Å². The molecule has 1 N–H and O–H groups in total. The molecule has 1 saturated heterocycles. The van der Waals surface area contributed by atoms with Crippen LogP contribution in [0.5, 0.6) is 0 Å². The van der Waals surface area contributed by atoms with Gasteiger partial charge in [0.15, 0.2) is 5.13 Å². The van der Waals surface area contributed by atoms with Gasteiger partial charge in [0.25, 0.3) is 0 Å². The standard InChI is InChI=1S/C16H18N4S/c1-11-10-21-16(17-11)20-8-4-5-12(9-20)15-18-13-6-2-3-7-14(13)19-15/h2-3,6-7,10,12H,4-5,8-9H2,1H3,(H,18,19)/t12-/m1/s1. The highest BCUT2D eigenvalue weighted by atomic mass is 32.1. The summed E-state index contributed by atoms with van der Waals surface area (Å²) in [5.41, 5.74) is 3.31. The first-order chi connectivity index (χ1) is 10.3. The van der Waals surface area contributed by atoms with Gasteiger partial charge in [0.05, 0.1) is 16.7 Å². The summed E-state index contributed by atoms with van der Waals surface area (Å²) in [4.78, 5) is 15.3. The smallest absolute Gasteiger partial charge is 0.185 e. The number of nitrogens with zero attached hydrogens (tertiary/aromatic N) is 3. The molecule has 0 amide bonds. The van der Waals surface area contributed by atoms with Crippen LogP contribution in [0.1, 0.15) is 30.3 Å². The third-order valence-corrected chi connectivity index (χ3v) is 5.11. The summed E-state index contributed by atoms with van der Waals surface area (Å²) >= 11 is 1.74. The number of thiazole rings is 1. The SMILES string of the molecule is Cc1csc(N2CCC[C@@H](c3nc4ccccc4[nH]3)C2)n1. The Bertz CT molecular complexity index is 727. The van der Waals surface area contributed by atoms with Crippen LogP contribution in [0.15, 0.2) is 29.6 Å². The predicted molar refractivity (Wildman–Crippen MR) is 87.1 cm³/mol. The minimum absolute atomic E-state index is 0.468. The Morgan fingerprint density at radius 3 is 3.00 bits per heavy atom. The van der Waals surface area contributed by atoms with Gasteiger partial charge >= 0.3 is 0 Å². The minimum Gasteiger partial charge on any atom is -0.347 e. The monoisotopic (exact) mass is 298 g/mol. The summed E-state index contributed by atoms with van der Waals surface area (Å²) in [5.74, 6) is 1.59. The third kappa shape index (κ3) is 2.42. The molecule has 4 nitrogen and oxygen atoms in total. The van der Waals surface area contributed by atoms with Crippen LogP contribution >= 0.6 is 11.3 Å². The number of hydrogen-bond donors (Lipinski definition) is 1. The van der Waals surface area contributed by atoms with Crippen molar-refractivity contribution in [1.82, 2.24) is 15.0 Å². The van der Waals surface area contributed by atoms with E-state index in [0.717, 1.165) is 40.8 Å². The molecule has 21 heavy (non-hydrogen) atoms. The van der Waals surface area contributed by atoms with Gasteiger partial charge in [-0.15, -0.1) is 11.3 Å². The maximum Gasteiger partial charge on any atom is 0.185 e. The van der Waals surface area contributed by atoms with Crippen LogP contribution in [0.2, 0.25) is 0 Å². The molecule has 108 valence electrons. The average Bonchev–Trinajstić information content (AvgIpc) is 3.13. The summed E-state index contributed by atoms with van der Waals surface area (Å²) in [7, 11) is 0. The van der Waals surface area contributed by atoms with Crippen LogP contribution in [-0.2, 0) is 0 Å². The zero-order chi connectivity index (χ0) is 14.2. The second kappa shape index (κ2) is 5.15. The number of aryl methyl sites for hydroxylation is 1. The normalized spacial score (nSPS) is 19.3. The molecule has 1 aliphatic rings. The van der Waals surface area contributed by atoms with Gasteiger partial charge in [0, 0.05) is 24.4 Å². The molecule has 1 atom stereocenters. The molecule has 0 radical (unpaired) electrons. The van der Waals surface area contributed by atoms with Crippen molar-refractivity contribution in [3.63, 3.8) is 0 Å². The van der Waals surface area contributed by atoms with Crippen molar-refractivity contribution in [2.75, 3.05) is 18.0 Å². The predicted octanol–water partition coefficient (Wildman–Crippen LogP) is 3.71. The molecule has 1 fully saturated rings. The van der Waals surface area contributed by atoms with E-state index in [1.165, 1.54) is 12.8 Å². The molecule has 0 aliphatic carbocycles.